The van der Waals surface area contributed by atoms with Crippen LogP contribution in [-0.4, -0.2) is 53.3 Å². The number of rotatable bonds is 7. The van der Waals surface area contributed by atoms with Crippen molar-refractivity contribution in [3.63, 3.8) is 0 Å². The summed E-state index contributed by atoms with van der Waals surface area (Å²) in [5.74, 6) is 1.23. The summed E-state index contributed by atoms with van der Waals surface area (Å²) in [6.07, 6.45) is 0. The minimum absolute atomic E-state index is 0.0231. The summed E-state index contributed by atoms with van der Waals surface area (Å²) in [4.78, 5) is 31.8. The molecular formula is C24H24N6O5. The van der Waals surface area contributed by atoms with Crippen LogP contribution in [0.4, 0.5) is 5.69 Å². The molecule has 1 saturated heterocycles. The third-order valence-corrected chi connectivity index (χ3v) is 6.09. The molecule has 5 rings (SSSR count). The van der Waals surface area contributed by atoms with Gasteiger partial charge in [0.05, 0.1) is 25.5 Å². The Hall–Kier alpha value is -4.28. The van der Waals surface area contributed by atoms with Crippen molar-refractivity contribution in [3.8, 4) is 22.9 Å². The molecule has 0 N–H and O–H groups in total. The van der Waals surface area contributed by atoms with Gasteiger partial charge in [-0.25, -0.2) is 4.90 Å². The van der Waals surface area contributed by atoms with Crippen molar-refractivity contribution in [2.45, 2.75) is 38.4 Å². The quantitative estimate of drug-likeness (QED) is 0.476. The van der Waals surface area contributed by atoms with Crippen LogP contribution in [0.5, 0.6) is 11.5 Å². The molecular weight excluding hydrogens is 452 g/mol. The molecule has 2 amide bonds. The molecule has 2 aromatic carbocycles. The van der Waals surface area contributed by atoms with E-state index in [1.165, 1.54) is 17.0 Å². The van der Waals surface area contributed by atoms with Crippen LogP contribution in [0.2, 0.25) is 0 Å². The minimum Gasteiger partial charge on any atom is -0.497 e. The topological polar surface area (TPSA) is 123 Å². The first-order valence-corrected chi connectivity index (χ1v) is 11.1. The molecule has 0 radical (unpaired) electrons. The van der Waals surface area contributed by atoms with Gasteiger partial charge in [0.25, 0.3) is 11.8 Å². The Labute approximate surface area is 201 Å². The van der Waals surface area contributed by atoms with E-state index in [-0.39, 0.29) is 18.3 Å². The zero-order chi connectivity index (χ0) is 24.7. The van der Waals surface area contributed by atoms with E-state index in [0.717, 1.165) is 5.56 Å². The molecule has 11 nitrogen and oxygen atoms in total. The smallest absolute Gasteiger partial charge is 0.263 e. The zero-order valence-electron chi connectivity index (χ0n) is 19.7. The highest BCUT2D eigenvalue weighted by atomic mass is 16.5. The Morgan fingerprint density at radius 1 is 1.03 bits per heavy atom. The predicted octanol–water partition coefficient (Wildman–Crippen LogP) is 3.37. The van der Waals surface area contributed by atoms with E-state index < -0.39 is 18.0 Å². The number of imide groups is 1. The molecule has 2 aliphatic rings. The summed E-state index contributed by atoms with van der Waals surface area (Å²) in [6.45, 7) is 4.18. The van der Waals surface area contributed by atoms with Crippen LogP contribution in [0.25, 0.3) is 11.4 Å². The van der Waals surface area contributed by atoms with Crippen molar-refractivity contribution in [1.82, 2.24) is 15.1 Å². The molecule has 1 fully saturated rings. The Kier molecular flexibility index (Phi) is 5.67. The zero-order valence-corrected chi connectivity index (χ0v) is 19.7. The lowest BCUT2D eigenvalue weighted by Gasteiger charge is -2.19. The van der Waals surface area contributed by atoms with Crippen LogP contribution in [0, 0.1) is 0 Å². The van der Waals surface area contributed by atoms with Crippen LogP contribution >= 0.6 is 0 Å². The van der Waals surface area contributed by atoms with E-state index in [1.54, 1.807) is 37.4 Å². The Morgan fingerprint density at radius 2 is 1.80 bits per heavy atom. The first-order chi connectivity index (χ1) is 16.9. The number of nitrogens with zero attached hydrogens (tertiary/aromatic N) is 6. The molecule has 0 bridgehead atoms. The maximum absolute atomic E-state index is 13.2. The molecule has 2 atom stereocenters. The predicted molar refractivity (Wildman–Crippen MR) is 124 cm³/mol. The van der Waals surface area contributed by atoms with E-state index in [1.807, 2.05) is 12.1 Å². The van der Waals surface area contributed by atoms with Gasteiger partial charge in [-0.15, -0.1) is 0 Å². The number of amides is 2. The fraction of sp³-hybridized carbons (Fsp3) is 0.333. The third-order valence-electron chi connectivity index (χ3n) is 6.09. The van der Waals surface area contributed by atoms with E-state index in [4.69, 9.17) is 14.0 Å². The largest absolute Gasteiger partial charge is 0.497 e. The van der Waals surface area contributed by atoms with Crippen LogP contribution < -0.4 is 14.4 Å². The molecule has 3 aromatic rings. The van der Waals surface area contributed by atoms with Gasteiger partial charge >= 0.3 is 0 Å². The highest BCUT2D eigenvalue weighted by molar-refractivity contribution is 6.25. The summed E-state index contributed by atoms with van der Waals surface area (Å²) < 4.78 is 16.0. The molecule has 35 heavy (non-hydrogen) atoms. The summed E-state index contributed by atoms with van der Waals surface area (Å²) in [5.41, 5.74) is 2.25. The highest BCUT2D eigenvalue weighted by Crippen LogP contribution is 2.34. The summed E-state index contributed by atoms with van der Waals surface area (Å²) >= 11 is 0. The van der Waals surface area contributed by atoms with E-state index in [2.05, 4.69) is 34.3 Å². The molecule has 2 aliphatic heterocycles. The van der Waals surface area contributed by atoms with Crippen LogP contribution in [0.1, 0.15) is 31.2 Å². The number of methoxy groups -OCH3 is 2. The van der Waals surface area contributed by atoms with E-state index in [9.17, 15) is 9.59 Å². The third kappa shape index (κ3) is 3.88. The SMILES string of the molecule is COc1ccc(-c2noc(CN3N=N[C@@H]4C(=O)N(c5ccc(C(C)C)cc5)C(=O)[C@@H]43)n2)c(OC)c1. The maximum atomic E-state index is 13.2. The number of aromatic nitrogens is 2. The average Bonchev–Trinajstić information content (AvgIpc) is 3.56. The van der Waals surface area contributed by atoms with Crippen LogP contribution in [-0.2, 0) is 16.1 Å². The van der Waals surface area contributed by atoms with Crippen molar-refractivity contribution < 1.29 is 23.6 Å². The second-order valence-corrected chi connectivity index (χ2v) is 8.53. The van der Waals surface area contributed by atoms with Crippen molar-refractivity contribution in [2.75, 3.05) is 19.1 Å². The fourth-order valence-electron chi connectivity index (χ4n) is 4.17. The molecule has 3 heterocycles. The van der Waals surface area contributed by atoms with Gasteiger partial charge in [-0.1, -0.05) is 36.4 Å². The van der Waals surface area contributed by atoms with Gasteiger partial charge in [-0.3, -0.25) is 14.6 Å². The number of ether oxygens (including phenoxy) is 2. The van der Waals surface area contributed by atoms with Gasteiger partial charge < -0.3 is 14.0 Å². The van der Waals surface area contributed by atoms with Crippen molar-refractivity contribution in [2.24, 2.45) is 10.3 Å². The van der Waals surface area contributed by atoms with Gasteiger partial charge in [0.1, 0.15) is 18.0 Å². The highest BCUT2D eigenvalue weighted by Gasteiger charge is 2.55. The second-order valence-electron chi connectivity index (χ2n) is 8.53. The minimum atomic E-state index is -0.906. The van der Waals surface area contributed by atoms with Gasteiger partial charge in [0, 0.05) is 6.07 Å². The number of hydrogen-bond donors (Lipinski definition) is 0. The normalized spacial score (nSPS) is 19.1. The first kappa shape index (κ1) is 22.5. The Balaban J connectivity index is 1.34. The van der Waals surface area contributed by atoms with Crippen LogP contribution in [0.3, 0.4) is 0 Å². The lowest BCUT2D eigenvalue weighted by atomic mass is 10.0. The number of benzene rings is 2. The number of carbonyl (C=O) groups excluding carboxylic acids is 2. The number of hydrogen-bond acceptors (Lipinski definition) is 10. The number of fused-ring (bicyclic) bond motifs is 1. The molecule has 0 spiro atoms. The lowest BCUT2D eigenvalue weighted by Crippen LogP contribution is -2.39. The van der Waals surface area contributed by atoms with E-state index in [0.29, 0.717) is 34.5 Å². The number of carbonyl (C=O) groups is 2. The van der Waals surface area contributed by atoms with Crippen molar-refractivity contribution >= 4 is 17.5 Å². The number of anilines is 1. The first-order valence-electron chi connectivity index (χ1n) is 11.1. The monoisotopic (exact) mass is 476 g/mol. The van der Waals surface area contributed by atoms with E-state index >= 15 is 0 Å². The van der Waals surface area contributed by atoms with Crippen LogP contribution in [0.15, 0.2) is 57.3 Å². The standard InChI is InChI=1S/C24H24N6O5/c1-13(2)14-5-7-15(8-6-14)30-23(31)20-21(24(30)32)29(28-26-20)12-19-25-22(27-35-19)17-10-9-16(33-3)11-18(17)34-4/h5-11,13,20-21H,12H2,1-4H3/t20-,21+/m0/s1. The molecule has 180 valence electrons. The summed E-state index contributed by atoms with van der Waals surface area (Å²) in [5, 5.41) is 13.5. The van der Waals surface area contributed by atoms with Gasteiger partial charge in [0.15, 0.2) is 12.1 Å². The Bertz CT molecular complexity index is 1300. The second kappa shape index (κ2) is 8.82. The molecule has 0 unspecified atom stereocenters. The van der Waals surface area contributed by atoms with Crippen molar-refractivity contribution in [3.05, 3.63) is 53.9 Å². The summed E-state index contributed by atoms with van der Waals surface area (Å²) in [6, 6.07) is 10.9. The summed E-state index contributed by atoms with van der Waals surface area (Å²) in [7, 11) is 3.10. The average molecular weight is 476 g/mol. The van der Waals surface area contributed by atoms with Crippen molar-refractivity contribution in [1.29, 1.82) is 0 Å². The molecule has 1 aromatic heterocycles. The fourth-order valence-corrected chi connectivity index (χ4v) is 4.17. The maximum Gasteiger partial charge on any atom is 0.263 e. The van der Waals surface area contributed by atoms with Gasteiger partial charge in [-0.05, 0) is 35.7 Å². The van der Waals surface area contributed by atoms with Gasteiger partial charge in [0.2, 0.25) is 11.7 Å². The lowest BCUT2D eigenvalue weighted by molar-refractivity contribution is -0.123. The molecule has 11 heteroatoms. The van der Waals surface area contributed by atoms with Gasteiger partial charge in [-0.2, -0.15) is 10.1 Å². The molecule has 0 saturated carbocycles. The molecule has 0 aliphatic carbocycles. The Morgan fingerprint density at radius 3 is 2.49 bits per heavy atom.